The molecule has 0 saturated carbocycles. The maximum Gasteiger partial charge on any atom is 0.169 e. The Kier molecular flexibility index (Phi) is 4.65. The first-order valence-electron chi connectivity index (χ1n) is 4.60. The van der Waals surface area contributed by atoms with E-state index in [1.165, 1.54) is 0 Å². The van der Waals surface area contributed by atoms with Crippen molar-refractivity contribution in [1.29, 1.82) is 0 Å². The van der Waals surface area contributed by atoms with Crippen molar-refractivity contribution in [3.63, 3.8) is 0 Å². The zero-order chi connectivity index (χ0) is 10.4. The molecule has 0 spiro atoms. The van der Waals surface area contributed by atoms with Crippen LogP contribution in [0.2, 0.25) is 0 Å². The first kappa shape index (κ1) is 11.2. The van der Waals surface area contributed by atoms with E-state index in [9.17, 15) is 0 Å². The van der Waals surface area contributed by atoms with E-state index in [1.54, 1.807) is 20.5 Å². The van der Waals surface area contributed by atoms with Crippen molar-refractivity contribution in [2.75, 3.05) is 20.8 Å². The Labute approximate surface area is 84.2 Å². The molecule has 0 aliphatic carbocycles. The number of rotatable bonds is 6. The Balaban J connectivity index is 2.31. The van der Waals surface area contributed by atoms with Gasteiger partial charge in [0.05, 0.1) is 12.3 Å². The number of furan rings is 1. The molecule has 1 N–H and O–H groups in total. The number of ether oxygens (including phenoxy) is 2. The van der Waals surface area contributed by atoms with Crippen LogP contribution in [0.3, 0.4) is 0 Å². The molecular weight excluding hydrogens is 182 g/mol. The van der Waals surface area contributed by atoms with E-state index < -0.39 is 0 Å². The van der Waals surface area contributed by atoms with Gasteiger partial charge in [-0.25, -0.2) is 0 Å². The molecule has 0 amide bonds. The second kappa shape index (κ2) is 5.80. The van der Waals surface area contributed by atoms with Crippen LogP contribution in [0.4, 0.5) is 0 Å². The van der Waals surface area contributed by atoms with Crippen LogP contribution in [0, 0.1) is 0 Å². The summed E-state index contributed by atoms with van der Waals surface area (Å²) in [6.45, 7) is 2.66. The summed E-state index contributed by atoms with van der Waals surface area (Å²) in [5.74, 6) is 0.913. The quantitative estimate of drug-likeness (QED) is 0.706. The van der Waals surface area contributed by atoms with E-state index >= 15 is 0 Å². The Hall–Kier alpha value is -0.840. The zero-order valence-electron chi connectivity index (χ0n) is 8.82. The van der Waals surface area contributed by atoms with Crippen LogP contribution in [0.1, 0.15) is 18.7 Å². The second-order valence-electron chi connectivity index (χ2n) is 3.05. The first-order valence-corrected chi connectivity index (χ1v) is 4.60. The molecule has 1 atom stereocenters. The van der Waals surface area contributed by atoms with Gasteiger partial charge in [-0.15, -0.1) is 0 Å². The van der Waals surface area contributed by atoms with Gasteiger partial charge in [0.25, 0.3) is 0 Å². The summed E-state index contributed by atoms with van der Waals surface area (Å²) in [4.78, 5) is 0. The molecule has 0 fully saturated rings. The lowest BCUT2D eigenvalue weighted by Gasteiger charge is -2.17. The van der Waals surface area contributed by atoms with Gasteiger partial charge in [-0.05, 0) is 19.1 Å². The Morgan fingerprint density at radius 3 is 2.64 bits per heavy atom. The van der Waals surface area contributed by atoms with E-state index in [1.807, 2.05) is 19.1 Å². The molecule has 1 aromatic rings. The number of hydrogen-bond acceptors (Lipinski definition) is 4. The lowest BCUT2D eigenvalue weighted by molar-refractivity contribution is -0.0999. The molecule has 4 nitrogen and oxygen atoms in total. The van der Waals surface area contributed by atoms with Gasteiger partial charge in [0.1, 0.15) is 5.76 Å². The average molecular weight is 199 g/mol. The van der Waals surface area contributed by atoms with Crippen molar-refractivity contribution in [2.45, 2.75) is 19.3 Å². The standard InChI is InChI=1S/C10H17NO3/c1-8(9-5-4-6-14-9)11-7-10(12-2)13-3/h4-6,8,10-11H,7H2,1-3H3/t8-/m1/s1. The van der Waals surface area contributed by atoms with Crippen LogP contribution >= 0.6 is 0 Å². The van der Waals surface area contributed by atoms with Crippen molar-refractivity contribution >= 4 is 0 Å². The smallest absolute Gasteiger partial charge is 0.169 e. The summed E-state index contributed by atoms with van der Waals surface area (Å²) in [6, 6.07) is 3.97. The summed E-state index contributed by atoms with van der Waals surface area (Å²) in [7, 11) is 3.24. The topological polar surface area (TPSA) is 43.6 Å². The lowest BCUT2D eigenvalue weighted by atomic mass is 10.2. The Bertz CT molecular complexity index is 232. The third-order valence-electron chi connectivity index (χ3n) is 2.09. The predicted molar refractivity (Wildman–Crippen MR) is 52.9 cm³/mol. The van der Waals surface area contributed by atoms with Gasteiger partial charge < -0.3 is 19.2 Å². The van der Waals surface area contributed by atoms with Crippen LogP contribution in [0.15, 0.2) is 22.8 Å². The maximum absolute atomic E-state index is 5.25. The third kappa shape index (κ3) is 3.14. The molecule has 80 valence electrons. The summed E-state index contributed by atoms with van der Waals surface area (Å²) in [5, 5.41) is 3.24. The number of nitrogens with one attached hydrogen (secondary N) is 1. The molecule has 0 saturated heterocycles. The normalized spacial score (nSPS) is 13.4. The molecule has 14 heavy (non-hydrogen) atoms. The van der Waals surface area contributed by atoms with Gasteiger partial charge in [0.2, 0.25) is 0 Å². The maximum atomic E-state index is 5.25. The molecule has 0 aliphatic rings. The van der Waals surface area contributed by atoms with Crippen LogP contribution in [-0.2, 0) is 9.47 Å². The molecule has 1 heterocycles. The van der Waals surface area contributed by atoms with Gasteiger partial charge in [0.15, 0.2) is 6.29 Å². The zero-order valence-corrected chi connectivity index (χ0v) is 8.82. The van der Waals surface area contributed by atoms with Gasteiger partial charge in [-0.1, -0.05) is 0 Å². The van der Waals surface area contributed by atoms with Crippen molar-refractivity contribution in [3.8, 4) is 0 Å². The van der Waals surface area contributed by atoms with Crippen molar-refractivity contribution < 1.29 is 13.9 Å². The monoisotopic (exact) mass is 199 g/mol. The third-order valence-corrected chi connectivity index (χ3v) is 2.09. The highest BCUT2D eigenvalue weighted by Crippen LogP contribution is 2.11. The Morgan fingerprint density at radius 2 is 2.14 bits per heavy atom. The molecule has 0 unspecified atom stereocenters. The molecular formula is C10H17NO3. The summed E-state index contributed by atoms with van der Waals surface area (Å²) >= 11 is 0. The fraction of sp³-hybridized carbons (Fsp3) is 0.600. The first-order chi connectivity index (χ1) is 6.77. The minimum atomic E-state index is -0.215. The van der Waals surface area contributed by atoms with Crippen molar-refractivity contribution in [2.24, 2.45) is 0 Å². The molecule has 0 bridgehead atoms. The molecule has 1 aromatic heterocycles. The summed E-state index contributed by atoms with van der Waals surface area (Å²) in [5.41, 5.74) is 0. The molecule has 0 aliphatic heterocycles. The van der Waals surface area contributed by atoms with E-state index in [2.05, 4.69) is 5.32 Å². The highest BCUT2D eigenvalue weighted by molar-refractivity contribution is 5.02. The fourth-order valence-electron chi connectivity index (χ4n) is 1.17. The molecule has 0 radical (unpaired) electrons. The lowest BCUT2D eigenvalue weighted by Crippen LogP contribution is -2.31. The van der Waals surface area contributed by atoms with Gasteiger partial charge >= 0.3 is 0 Å². The highest BCUT2D eigenvalue weighted by Gasteiger charge is 2.10. The number of hydrogen-bond donors (Lipinski definition) is 1. The largest absolute Gasteiger partial charge is 0.468 e. The highest BCUT2D eigenvalue weighted by atomic mass is 16.7. The number of methoxy groups -OCH3 is 2. The van der Waals surface area contributed by atoms with Crippen LogP contribution in [-0.4, -0.2) is 27.1 Å². The minimum Gasteiger partial charge on any atom is -0.468 e. The minimum absolute atomic E-state index is 0.165. The summed E-state index contributed by atoms with van der Waals surface area (Å²) in [6.07, 6.45) is 1.45. The molecule has 1 rings (SSSR count). The predicted octanol–water partition coefficient (Wildman–Crippen LogP) is 1.55. The van der Waals surface area contributed by atoms with Crippen molar-refractivity contribution in [1.82, 2.24) is 5.32 Å². The van der Waals surface area contributed by atoms with E-state index in [-0.39, 0.29) is 12.3 Å². The summed E-state index contributed by atoms with van der Waals surface area (Å²) < 4.78 is 15.4. The van der Waals surface area contributed by atoms with Crippen LogP contribution in [0.25, 0.3) is 0 Å². The fourth-order valence-corrected chi connectivity index (χ4v) is 1.17. The second-order valence-corrected chi connectivity index (χ2v) is 3.05. The molecule has 4 heteroatoms. The van der Waals surface area contributed by atoms with Gasteiger partial charge in [-0.3, -0.25) is 0 Å². The SMILES string of the molecule is COC(CN[C@H](C)c1ccco1)OC. The van der Waals surface area contributed by atoms with E-state index in [4.69, 9.17) is 13.9 Å². The van der Waals surface area contributed by atoms with Gasteiger partial charge in [0, 0.05) is 20.8 Å². The van der Waals surface area contributed by atoms with Crippen molar-refractivity contribution in [3.05, 3.63) is 24.2 Å². The van der Waals surface area contributed by atoms with E-state index in [0.717, 1.165) is 5.76 Å². The van der Waals surface area contributed by atoms with Crippen LogP contribution in [0.5, 0.6) is 0 Å². The van der Waals surface area contributed by atoms with E-state index in [0.29, 0.717) is 6.54 Å². The van der Waals surface area contributed by atoms with Crippen LogP contribution < -0.4 is 5.32 Å². The Morgan fingerprint density at radius 1 is 1.43 bits per heavy atom. The molecule has 0 aromatic carbocycles. The average Bonchev–Trinajstić information content (AvgIpc) is 2.72. The van der Waals surface area contributed by atoms with Gasteiger partial charge in [-0.2, -0.15) is 0 Å².